The molecule has 3 rings (SSSR count). The molecule has 7 heteroatoms. The number of thiophene rings is 1. The van der Waals surface area contributed by atoms with Gasteiger partial charge in [0.2, 0.25) is 0 Å². The Kier molecular flexibility index (Phi) is 4.55. The minimum Gasteiger partial charge on any atom is -0.343 e. The van der Waals surface area contributed by atoms with Gasteiger partial charge in [-0.3, -0.25) is 4.72 Å². The number of hydrogen-bond donors (Lipinski definition) is 1. The number of nitrogens with one attached hydrogen (secondary N) is 1. The van der Waals surface area contributed by atoms with Gasteiger partial charge in [-0.25, -0.2) is 13.4 Å². The van der Waals surface area contributed by atoms with Gasteiger partial charge in [0.05, 0.1) is 11.9 Å². The van der Waals surface area contributed by atoms with Gasteiger partial charge in [-0.2, -0.15) is 0 Å². The van der Waals surface area contributed by atoms with Crippen LogP contribution in [-0.4, -0.2) is 20.4 Å². The maximum Gasteiger partial charge on any atom is 0.272 e. The fourth-order valence-electron chi connectivity index (χ4n) is 2.19. The van der Waals surface area contributed by atoms with E-state index in [1.165, 1.54) is 11.3 Å². The Labute approximate surface area is 145 Å². The third kappa shape index (κ3) is 3.58. The van der Waals surface area contributed by atoms with Gasteiger partial charge in [-0.1, -0.05) is 18.2 Å². The van der Waals surface area contributed by atoms with Crippen molar-refractivity contribution in [3.8, 4) is 0 Å². The van der Waals surface area contributed by atoms with Crippen LogP contribution in [0.5, 0.6) is 0 Å². The average molecular weight is 359 g/mol. The molecule has 2 heterocycles. The van der Waals surface area contributed by atoms with Gasteiger partial charge >= 0.3 is 0 Å². The zero-order chi connectivity index (χ0) is 17.2. The quantitative estimate of drug-likeness (QED) is 0.747. The van der Waals surface area contributed by atoms with E-state index >= 15 is 0 Å². The smallest absolute Gasteiger partial charge is 0.272 e. The molecule has 0 unspecified atom stereocenters. The predicted octanol–water partition coefficient (Wildman–Crippen LogP) is 4.02. The van der Waals surface area contributed by atoms with Crippen LogP contribution in [0, 0.1) is 6.92 Å². The molecule has 0 bridgehead atoms. The normalized spacial score (nSPS) is 11.2. The summed E-state index contributed by atoms with van der Waals surface area (Å²) in [5.74, 6) is 0.297. The number of pyridine rings is 1. The van der Waals surface area contributed by atoms with Gasteiger partial charge in [0, 0.05) is 17.6 Å². The van der Waals surface area contributed by atoms with Crippen LogP contribution >= 0.6 is 11.3 Å². The number of para-hydroxylation sites is 1. The number of sulfonamides is 1. The molecule has 0 radical (unpaired) electrons. The number of rotatable bonds is 5. The molecule has 5 nitrogen and oxygen atoms in total. The van der Waals surface area contributed by atoms with E-state index in [-0.39, 0.29) is 4.21 Å². The molecule has 0 aliphatic heterocycles. The van der Waals surface area contributed by atoms with Crippen molar-refractivity contribution >= 4 is 38.6 Å². The Morgan fingerprint density at radius 2 is 1.75 bits per heavy atom. The van der Waals surface area contributed by atoms with Crippen molar-refractivity contribution < 1.29 is 8.42 Å². The van der Waals surface area contributed by atoms with Gasteiger partial charge in [-0.15, -0.1) is 11.3 Å². The van der Waals surface area contributed by atoms with Gasteiger partial charge in [0.25, 0.3) is 10.0 Å². The number of nitrogens with zero attached hydrogens (tertiary/aromatic N) is 2. The van der Waals surface area contributed by atoms with Gasteiger partial charge < -0.3 is 4.90 Å². The zero-order valence-electron chi connectivity index (χ0n) is 13.3. The molecule has 0 saturated carbocycles. The average Bonchev–Trinajstić information content (AvgIpc) is 3.03. The lowest BCUT2D eigenvalue weighted by molar-refractivity contribution is 0.603. The van der Waals surface area contributed by atoms with E-state index in [1.807, 2.05) is 55.3 Å². The van der Waals surface area contributed by atoms with Crippen LogP contribution in [0.25, 0.3) is 0 Å². The lowest BCUT2D eigenvalue weighted by Gasteiger charge is -2.19. The van der Waals surface area contributed by atoms with Crippen LogP contribution in [0.4, 0.5) is 17.2 Å². The minimum absolute atomic E-state index is 0.285. The first-order chi connectivity index (χ1) is 11.5. The first-order valence-corrected chi connectivity index (χ1v) is 9.60. The highest BCUT2D eigenvalue weighted by Crippen LogP contribution is 2.25. The third-order valence-electron chi connectivity index (χ3n) is 3.50. The van der Waals surface area contributed by atoms with Gasteiger partial charge in [-0.05, 0) is 43.3 Å². The summed E-state index contributed by atoms with van der Waals surface area (Å²) in [6, 6.07) is 16.7. The Morgan fingerprint density at radius 1 is 1.00 bits per heavy atom. The second kappa shape index (κ2) is 6.62. The maximum atomic E-state index is 12.3. The Balaban J connectivity index is 1.78. The van der Waals surface area contributed by atoms with Gasteiger partial charge in [0.15, 0.2) is 0 Å². The number of hydrogen-bond acceptors (Lipinski definition) is 5. The summed E-state index contributed by atoms with van der Waals surface area (Å²) < 4.78 is 27.4. The van der Waals surface area contributed by atoms with Crippen LogP contribution in [0.2, 0.25) is 0 Å². The lowest BCUT2D eigenvalue weighted by atomic mass is 10.3. The van der Waals surface area contributed by atoms with E-state index in [2.05, 4.69) is 9.71 Å². The maximum absolute atomic E-state index is 12.3. The number of anilines is 3. The van der Waals surface area contributed by atoms with Crippen molar-refractivity contribution in [2.24, 2.45) is 0 Å². The molecule has 0 fully saturated rings. The molecule has 0 saturated heterocycles. The van der Waals surface area contributed by atoms with Crippen molar-refractivity contribution in [2.75, 3.05) is 16.7 Å². The van der Waals surface area contributed by atoms with Crippen molar-refractivity contribution in [1.29, 1.82) is 0 Å². The van der Waals surface area contributed by atoms with Crippen LogP contribution in [-0.2, 0) is 10.0 Å². The number of aryl methyl sites for hydroxylation is 1. The van der Waals surface area contributed by atoms with Crippen LogP contribution in [0.15, 0.2) is 65.0 Å². The second-order valence-electron chi connectivity index (χ2n) is 5.27. The molecule has 0 spiro atoms. The molecule has 124 valence electrons. The molecule has 3 aromatic rings. The predicted molar refractivity (Wildman–Crippen MR) is 98.6 cm³/mol. The first-order valence-electron chi connectivity index (χ1n) is 7.30. The van der Waals surface area contributed by atoms with E-state index in [9.17, 15) is 8.42 Å². The van der Waals surface area contributed by atoms with Gasteiger partial charge in [0.1, 0.15) is 10.0 Å². The largest absolute Gasteiger partial charge is 0.343 e. The molecular formula is C17H17N3O2S2. The molecule has 1 N–H and O–H groups in total. The SMILES string of the molecule is Cc1ccc(S(=O)(=O)Nc2ccc(N(C)c3ccccc3)cn2)s1. The molecule has 0 amide bonds. The van der Waals surface area contributed by atoms with E-state index in [4.69, 9.17) is 0 Å². The summed E-state index contributed by atoms with van der Waals surface area (Å²) in [6.45, 7) is 1.87. The highest BCUT2D eigenvalue weighted by molar-refractivity contribution is 7.94. The molecule has 0 aliphatic rings. The lowest BCUT2D eigenvalue weighted by Crippen LogP contribution is -2.13. The van der Waals surface area contributed by atoms with Crippen molar-refractivity contribution in [2.45, 2.75) is 11.1 Å². The summed E-state index contributed by atoms with van der Waals surface area (Å²) in [5, 5.41) is 0. The molecule has 24 heavy (non-hydrogen) atoms. The fraction of sp³-hybridized carbons (Fsp3) is 0.118. The number of benzene rings is 1. The summed E-state index contributed by atoms with van der Waals surface area (Å²) in [5.41, 5.74) is 1.90. The van der Waals surface area contributed by atoms with Crippen LogP contribution in [0.1, 0.15) is 4.88 Å². The number of aromatic nitrogens is 1. The third-order valence-corrected chi connectivity index (χ3v) is 6.35. The Hall–Kier alpha value is -2.38. The summed E-state index contributed by atoms with van der Waals surface area (Å²) in [7, 11) is -1.65. The van der Waals surface area contributed by atoms with E-state index < -0.39 is 10.0 Å². The fourth-order valence-corrected chi connectivity index (χ4v) is 4.48. The summed E-state index contributed by atoms with van der Waals surface area (Å²) >= 11 is 1.23. The molecular weight excluding hydrogens is 342 g/mol. The van der Waals surface area contributed by atoms with Crippen molar-refractivity contribution in [3.63, 3.8) is 0 Å². The van der Waals surface area contributed by atoms with Crippen molar-refractivity contribution in [1.82, 2.24) is 4.98 Å². The Morgan fingerprint density at radius 3 is 2.33 bits per heavy atom. The minimum atomic E-state index is -3.59. The Bertz CT molecular complexity index is 920. The standard InChI is InChI=1S/C17H17N3O2S2/c1-13-8-11-17(23-13)24(21,22)19-16-10-9-15(12-18-16)20(2)14-6-4-3-5-7-14/h3-12H,1-2H3,(H,18,19). The topological polar surface area (TPSA) is 62.3 Å². The van der Waals surface area contributed by atoms with Crippen molar-refractivity contribution in [3.05, 3.63) is 65.7 Å². The molecule has 0 atom stereocenters. The first kappa shape index (κ1) is 16.5. The van der Waals surface area contributed by atoms with E-state index in [0.717, 1.165) is 16.3 Å². The summed E-state index contributed by atoms with van der Waals surface area (Å²) in [4.78, 5) is 7.14. The molecule has 2 aromatic heterocycles. The summed E-state index contributed by atoms with van der Waals surface area (Å²) in [6.07, 6.45) is 1.64. The van der Waals surface area contributed by atoms with E-state index in [0.29, 0.717) is 5.82 Å². The molecule has 0 aliphatic carbocycles. The highest BCUT2D eigenvalue weighted by Gasteiger charge is 2.17. The molecule has 1 aromatic carbocycles. The van der Waals surface area contributed by atoms with E-state index in [1.54, 1.807) is 24.4 Å². The van der Waals surface area contributed by atoms with Crippen LogP contribution < -0.4 is 9.62 Å². The monoisotopic (exact) mass is 359 g/mol. The second-order valence-corrected chi connectivity index (χ2v) is 8.46. The van der Waals surface area contributed by atoms with Crippen LogP contribution in [0.3, 0.4) is 0 Å². The zero-order valence-corrected chi connectivity index (χ0v) is 14.9. The highest BCUT2D eigenvalue weighted by atomic mass is 32.2.